The van der Waals surface area contributed by atoms with Crippen LogP contribution in [-0.4, -0.2) is 46.2 Å². The molecule has 1 aromatic carbocycles. The molecular formula is C16H25NO4. The number of anilines is 1. The summed E-state index contributed by atoms with van der Waals surface area (Å²) in [6.45, 7) is 5.85. The van der Waals surface area contributed by atoms with Crippen LogP contribution in [0.4, 0.5) is 5.69 Å². The van der Waals surface area contributed by atoms with Crippen LogP contribution in [0.25, 0.3) is 0 Å². The molecule has 21 heavy (non-hydrogen) atoms. The number of hydrogen-bond donors (Lipinski definition) is 0. The number of benzene rings is 1. The largest absolute Gasteiger partial charge is 0.465 e. The molecule has 0 aliphatic rings. The van der Waals surface area contributed by atoms with Crippen LogP contribution in [0, 0.1) is 0 Å². The zero-order valence-corrected chi connectivity index (χ0v) is 13.3. The highest BCUT2D eigenvalue weighted by molar-refractivity contribution is 5.95. The van der Waals surface area contributed by atoms with Crippen molar-refractivity contribution >= 4 is 11.7 Å². The number of ether oxygens (including phenoxy) is 3. The predicted molar refractivity (Wildman–Crippen MR) is 82.7 cm³/mol. The lowest BCUT2D eigenvalue weighted by atomic mass is 10.1. The van der Waals surface area contributed by atoms with E-state index < -0.39 is 0 Å². The zero-order chi connectivity index (χ0) is 15.7. The molecule has 0 spiro atoms. The smallest absolute Gasteiger partial charge is 0.339 e. The Hall–Kier alpha value is -1.59. The number of para-hydroxylation sites is 1. The van der Waals surface area contributed by atoms with Gasteiger partial charge in [-0.2, -0.15) is 0 Å². The maximum atomic E-state index is 11.8. The molecule has 0 radical (unpaired) electrons. The van der Waals surface area contributed by atoms with Gasteiger partial charge in [-0.3, -0.25) is 0 Å². The SMILES string of the molecule is CCOC(CCN(C)c1ccccc1C(=O)OC)OCC. The summed E-state index contributed by atoms with van der Waals surface area (Å²) in [5.74, 6) is -0.330. The molecule has 0 atom stereocenters. The monoisotopic (exact) mass is 295 g/mol. The van der Waals surface area contributed by atoms with Gasteiger partial charge in [-0.1, -0.05) is 12.1 Å². The van der Waals surface area contributed by atoms with Crippen molar-refractivity contribution in [2.24, 2.45) is 0 Å². The molecule has 0 unspecified atom stereocenters. The average Bonchev–Trinajstić information content (AvgIpc) is 2.52. The summed E-state index contributed by atoms with van der Waals surface area (Å²) in [5.41, 5.74) is 1.41. The van der Waals surface area contributed by atoms with Crippen molar-refractivity contribution < 1.29 is 19.0 Å². The lowest BCUT2D eigenvalue weighted by molar-refractivity contribution is -0.137. The van der Waals surface area contributed by atoms with Crippen LogP contribution in [0.15, 0.2) is 24.3 Å². The summed E-state index contributed by atoms with van der Waals surface area (Å²) in [6, 6.07) is 7.40. The van der Waals surface area contributed by atoms with Crippen molar-refractivity contribution in [1.29, 1.82) is 0 Å². The topological polar surface area (TPSA) is 48.0 Å². The second kappa shape index (κ2) is 9.37. The summed E-state index contributed by atoms with van der Waals surface area (Å²) < 4.78 is 15.9. The first-order valence-corrected chi connectivity index (χ1v) is 7.25. The van der Waals surface area contributed by atoms with Crippen LogP contribution in [-0.2, 0) is 14.2 Å². The highest BCUT2D eigenvalue weighted by Crippen LogP contribution is 2.20. The number of methoxy groups -OCH3 is 1. The van der Waals surface area contributed by atoms with E-state index >= 15 is 0 Å². The van der Waals surface area contributed by atoms with E-state index in [1.54, 1.807) is 6.07 Å². The average molecular weight is 295 g/mol. The van der Waals surface area contributed by atoms with Gasteiger partial charge in [0.25, 0.3) is 0 Å². The van der Waals surface area contributed by atoms with Crippen LogP contribution < -0.4 is 4.90 Å². The highest BCUT2D eigenvalue weighted by Gasteiger charge is 2.16. The Morgan fingerprint density at radius 3 is 2.38 bits per heavy atom. The third-order valence-corrected chi connectivity index (χ3v) is 3.13. The molecular weight excluding hydrogens is 270 g/mol. The number of carbonyl (C=O) groups excluding carboxylic acids is 1. The van der Waals surface area contributed by atoms with E-state index in [0.29, 0.717) is 18.8 Å². The van der Waals surface area contributed by atoms with Crippen molar-refractivity contribution in [2.45, 2.75) is 26.6 Å². The van der Waals surface area contributed by atoms with Gasteiger partial charge >= 0.3 is 5.97 Å². The van der Waals surface area contributed by atoms with Gasteiger partial charge in [0.2, 0.25) is 0 Å². The Balaban J connectivity index is 2.70. The molecule has 0 bridgehead atoms. The van der Waals surface area contributed by atoms with Gasteiger partial charge in [-0.25, -0.2) is 4.79 Å². The Labute approximate surface area is 126 Å². The minimum absolute atomic E-state index is 0.215. The van der Waals surface area contributed by atoms with Gasteiger partial charge in [0.15, 0.2) is 6.29 Å². The summed E-state index contributed by atoms with van der Waals surface area (Å²) >= 11 is 0. The number of carbonyl (C=O) groups is 1. The van der Waals surface area contributed by atoms with Gasteiger partial charge in [0.05, 0.1) is 18.4 Å². The second-order valence-electron chi connectivity index (χ2n) is 4.56. The molecule has 0 aromatic heterocycles. The van der Waals surface area contributed by atoms with Crippen LogP contribution in [0.5, 0.6) is 0 Å². The number of esters is 1. The molecule has 118 valence electrons. The zero-order valence-electron chi connectivity index (χ0n) is 13.3. The molecule has 0 heterocycles. The number of nitrogens with zero attached hydrogens (tertiary/aromatic N) is 1. The molecule has 1 aromatic rings. The van der Waals surface area contributed by atoms with Crippen LogP contribution in [0.3, 0.4) is 0 Å². The lowest BCUT2D eigenvalue weighted by Gasteiger charge is -2.24. The molecule has 0 aliphatic carbocycles. The predicted octanol–water partition coefficient (Wildman–Crippen LogP) is 2.70. The van der Waals surface area contributed by atoms with E-state index in [9.17, 15) is 4.79 Å². The fourth-order valence-corrected chi connectivity index (χ4v) is 2.10. The third-order valence-electron chi connectivity index (χ3n) is 3.13. The fourth-order valence-electron chi connectivity index (χ4n) is 2.10. The lowest BCUT2D eigenvalue weighted by Crippen LogP contribution is -2.27. The summed E-state index contributed by atoms with van der Waals surface area (Å²) in [7, 11) is 3.33. The van der Waals surface area contributed by atoms with Crippen molar-refractivity contribution in [3.8, 4) is 0 Å². The van der Waals surface area contributed by atoms with Crippen molar-refractivity contribution in [3.05, 3.63) is 29.8 Å². The second-order valence-corrected chi connectivity index (χ2v) is 4.56. The van der Waals surface area contributed by atoms with Gasteiger partial charge in [-0.15, -0.1) is 0 Å². The quantitative estimate of drug-likeness (QED) is 0.518. The molecule has 1 rings (SSSR count). The van der Waals surface area contributed by atoms with Crippen LogP contribution >= 0.6 is 0 Å². The van der Waals surface area contributed by atoms with Crippen molar-refractivity contribution in [2.75, 3.05) is 38.8 Å². The first kappa shape index (κ1) is 17.5. The highest BCUT2D eigenvalue weighted by atomic mass is 16.7. The third kappa shape index (κ3) is 5.36. The Morgan fingerprint density at radius 2 is 1.81 bits per heavy atom. The standard InChI is InChI=1S/C16H25NO4/c1-5-20-15(21-6-2)11-12-17(3)14-10-8-7-9-13(14)16(18)19-4/h7-10,15H,5-6,11-12H2,1-4H3. The molecule has 0 N–H and O–H groups in total. The molecule has 0 amide bonds. The first-order chi connectivity index (χ1) is 10.1. The van der Waals surface area contributed by atoms with Crippen LogP contribution in [0.2, 0.25) is 0 Å². The summed E-state index contributed by atoms with van der Waals surface area (Å²) in [4.78, 5) is 13.8. The van der Waals surface area contributed by atoms with Crippen molar-refractivity contribution in [3.63, 3.8) is 0 Å². The molecule has 0 saturated heterocycles. The normalized spacial score (nSPS) is 10.7. The van der Waals surface area contributed by atoms with Crippen molar-refractivity contribution in [1.82, 2.24) is 0 Å². The van der Waals surface area contributed by atoms with Gasteiger partial charge in [0.1, 0.15) is 0 Å². The molecule has 0 aliphatic heterocycles. The first-order valence-electron chi connectivity index (χ1n) is 7.25. The number of hydrogen-bond acceptors (Lipinski definition) is 5. The Kier molecular flexibility index (Phi) is 7.79. The van der Waals surface area contributed by atoms with E-state index in [1.807, 2.05) is 44.0 Å². The van der Waals surface area contributed by atoms with E-state index in [0.717, 1.165) is 18.7 Å². The molecule has 5 nitrogen and oxygen atoms in total. The van der Waals surface area contributed by atoms with E-state index in [1.165, 1.54) is 7.11 Å². The fraction of sp³-hybridized carbons (Fsp3) is 0.562. The summed E-state index contributed by atoms with van der Waals surface area (Å²) in [5, 5.41) is 0. The van der Waals surface area contributed by atoms with Gasteiger partial charge in [0, 0.05) is 33.2 Å². The van der Waals surface area contributed by atoms with Crippen LogP contribution in [0.1, 0.15) is 30.6 Å². The molecule has 5 heteroatoms. The Morgan fingerprint density at radius 1 is 1.19 bits per heavy atom. The summed E-state index contributed by atoms with van der Waals surface area (Å²) in [6.07, 6.45) is 0.515. The molecule has 0 saturated carbocycles. The Bertz CT molecular complexity index is 430. The van der Waals surface area contributed by atoms with Gasteiger partial charge in [-0.05, 0) is 26.0 Å². The van der Waals surface area contributed by atoms with Gasteiger partial charge < -0.3 is 19.1 Å². The maximum Gasteiger partial charge on any atom is 0.339 e. The van der Waals surface area contributed by atoms with E-state index in [-0.39, 0.29) is 12.3 Å². The van der Waals surface area contributed by atoms with E-state index in [2.05, 4.69) is 0 Å². The minimum Gasteiger partial charge on any atom is -0.465 e. The van der Waals surface area contributed by atoms with E-state index in [4.69, 9.17) is 14.2 Å². The minimum atomic E-state index is -0.330. The molecule has 0 fully saturated rings. The number of rotatable bonds is 9. The maximum absolute atomic E-state index is 11.8.